The Hall–Kier alpha value is -0.920. The monoisotopic (exact) mass is 264 g/mol. The topological polar surface area (TPSA) is 0 Å². The Morgan fingerprint density at radius 2 is 1.12 bits per heavy atom. The summed E-state index contributed by atoms with van der Waals surface area (Å²) >= 11 is 0. The van der Waals surface area contributed by atoms with Gasteiger partial charge in [0.25, 0.3) is 0 Å². The molecule has 0 spiro atoms. The third-order valence-electron chi connectivity index (χ3n) is 2.82. The Balaban J connectivity index is 2.55. The van der Waals surface area contributed by atoms with Crippen LogP contribution in [-0.2, 0) is 0 Å². The third kappa shape index (κ3) is 2.36. The van der Waals surface area contributed by atoms with Gasteiger partial charge in [0.05, 0.1) is 0 Å². The Kier molecular flexibility index (Phi) is 3.80. The highest BCUT2D eigenvalue weighted by Crippen LogP contribution is 2.69. The molecule has 0 radical (unpaired) electrons. The summed E-state index contributed by atoms with van der Waals surface area (Å²) in [6.45, 7) is 4.39. The van der Waals surface area contributed by atoms with Crippen molar-refractivity contribution in [2.75, 3.05) is 0 Å². The fourth-order valence-corrected chi connectivity index (χ4v) is 5.00. The zero-order valence-electron chi connectivity index (χ0n) is 10.1. The molecule has 0 atom stereocenters. The summed E-state index contributed by atoms with van der Waals surface area (Å²) in [4.78, 5) is 2.48. The fraction of sp³-hybridized carbons (Fsp3) is 0.200. The van der Waals surface area contributed by atoms with E-state index in [0.717, 1.165) is 0 Å². The second-order valence-electron chi connectivity index (χ2n) is 4.26. The fourth-order valence-electron chi connectivity index (χ4n) is 1.92. The lowest BCUT2D eigenvalue weighted by molar-refractivity contribution is 1.08. The molecule has 0 N–H and O–H groups in total. The minimum atomic E-state index is -1.44. The van der Waals surface area contributed by atoms with Gasteiger partial charge in [-0.05, 0) is 24.3 Å². The van der Waals surface area contributed by atoms with E-state index in [1.807, 2.05) is 12.1 Å². The Labute approximate surface area is 109 Å². The van der Waals surface area contributed by atoms with Crippen LogP contribution >= 0.6 is 19.9 Å². The maximum absolute atomic E-state index is 7.01. The number of hydrogen-bond acceptors (Lipinski definition) is 0. The quantitative estimate of drug-likeness (QED) is 0.689. The minimum Gasteiger partial charge on any atom is -0.106 e. The molecule has 17 heavy (non-hydrogen) atoms. The standard InChI is InChI=1S/C15H17ClS/c1-13(2)17(16,14-9-5-3-6-10-14)15-11-7-4-8-12-15/h3-13H,1-2H3. The third-order valence-corrected chi connectivity index (χ3v) is 8.18. The molecule has 0 nitrogen and oxygen atoms in total. The van der Waals surface area contributed by atoms with Gasteiger partial charge in [0.2, 0.25) is 0 Å². The van der Waals surface area contributed by atoms with E-state index in [4.69, 9.17) is 10.7 Å². The summed E-state index contributed by atoms with van der Waals surface area (Å²) in [5, 5.41) is 0.411. The van der Waals surface area contributed by atoms with Crippen LogP contribution in [0.5, 0.6) is 0 Å². The zero-order valence-corrected chi connectivity index (χ0v) is 11.7. The molecule has 0 aromatic heterocycles. The van der Waals surface area contributed by atoms with E-state index in [9.17, 15) is 0 Å². The molecule has 0 aliphatic heterocycles. The van der Waals surface area contributed by atoms with Gasteiger partial charge in [-0.15, -0.1) is 9.24 Å². The molecule has 0 saturated carbocycles. The van der Waals surface area contributed by atoms with Crippen LogP contribution in [0.15, 0.2) is 70.5 Å². The summed E-state index contributed by atoms with van der Waals surface area (Å²) in [7, 11) is 5.57. The second-order valence-corrected chi connectivity index (χ2v) is 8.76. The Bertz CT molecular complexity index is 425. The van der Waals surface area contributed by atoms with Gasteiger partial charge in [-0.1, -0.05) is 60.9 Å². The Morgan fingerprint density at radius 1 is 0.765 bits per heavy atom. The highest BCUT2D eigenvalue weighted by atomic mass is 35.7. The molecule has 0 heterocycles. The van der Waals surface area contributed by atoms with Crippen molar-refractivity contribution in [2.45, 2.75) is 28.9 Å². The molecular formula is C15H17ClS. The Morgan fingerprint density at radius 3 is 1.41 bits per heavy atom. The van der Waals surface area contributed by atoms with Crippen LogP contribution in [0, 0.1) is 0 Å². The molecule has 0 aliphatic rings. The van der Waals surface area contributed by atoms with Crippen LogP contribution < -0.4 is 0 Å². The van der Waals surface area contributed by atoms with Crippen molar-refractivity contribution in [3.05, 3.63) is 60.7 Å². The summed E-state index contributed by atoms with van der Waals surface area (Å²) < 4.78 is 0. The molecule has 0 saturated heterocycles. The highest BCUT2D eigenvalue weighted by molar-refractivity contribution is 8.51. The first-order valence-electron chi connectivity index (χ1n) is 5.77. The first-order valence-corrected chi connectivity index (χ1v) is 8.30. The number of hydrogen-bond donors (Lipinski definition) is 0. The lowest BCUT2D eigenvalue weighted by Crippen LogP contribution is -2.07. The van der Waals surface area contributed by atoms with Crippen LogP contribution in [0.2, 0.25) is 0 Å². The molecule has 2 heteroatoms. The molecule has 2 aromatic carbocycles. The van der Waals surface area contributed by atoms with Gasteiger partial charge in [0.1, 0.15) is 0 Å². The molecule has 0 aliphatic carbocycles. The summed E-state index contributed by atoms with van der Waals surface area (Å²) in [5.74, 6) is 0. The van der Waals surface area contributed by atoms with Crippen LogP contribution in [0.1, 0.15) is 13.8 Å². The molecule has 0 bridgehead atoms. The predicted molar refractivity (Wildman–Crippen MR) is 78.0 cm³/mol. The van der Waals surface area contributed by atoms with Crippen molar-refractivity contribution in [3.8, 4) is 0 Å². The summed E-state index contributed by atoms with van der Waals surface area (Å²) in [6.07, 6.45) is 0. The van der Waals surface area contributed by atoms with E-state index >= 15 is 0 Å². The molecule has 2 rings (SSSR count). The van der Waals surface area contributed by atoms with Gasteiger partial charge in [-0.2, -0.15) is 0 Å². The molecular weight excluding hydrogens is 248 g/mol. The van der Waals surface area contributed by atoms with E-state index in [2.05, 4.69) is 62.4 Å². The average molecular weight is 265 g/mol. The second kappa shape index (κ2) is 5.16. The normalized spacial score (nSPS) is 12.7. The first kappa shape index (κ1) is 12.5. The van der Waals surface area contributed by atoms with Crippen LogP contribution in [-0.4, -0.2) is 5.25 Å². The van der Waals surface area contributed by atoms with Crippen molar-refractivity contribution in [1.82, 2.24) is 0 Å². The number of halogens is 1. The van der Waals surface area contributed by atoms with Gasteiger partial charge >= 0.3 is 0 Å². The van der Waals surface area contributed by atoms with Crippen LogP contribution in [0.4, 0.5) is 0 Å². The molecule has 0 amide bonds. The SMILES string of the molecule is CC(C)S(Cl)(c1ccccc1)c1ccccc1. The smallest absolute Gasteiger partial charge is 0.00753 e. The number of rotatable bonds is 3. The van der Waals surface area contributed by atoms with Crippen molar-refractivity contribution >= 4 is 19.9 Å². The zero-order chi connectivity index (χ0) is 12.3. The lowest BCUT2D eigenvalue weighted by atomic mass is 10.4. The van der Waals surface area contributed by atoms with Crippen LogP contribution in [0.25, 0.3) is 0 Å². The van der Waals surface area contributed by atoms with Gasteiger partial charge < -0.3 is 0 Å². The maximum atomic E-state index is 7.01. The lowest BCUT2D eigenvalue weighted by Gasteiger charge is -2.37. The van der Waals surface area contributed by atoms with E-state index < -0.39 is 9.24 Å². The van der Waals surface area contributed by atoms with Crippen molar-refractivity contribution in [1.29, 1.82) is 0 Å². The van der Waals surface area contributed by atoms with Gasteiger partial charge in [0.15, 0.2) is 0 Å². The van der Waals surface area contributed by atoms with Gasteiger partial charge in [-0.25, -0.2) is 0 Å². The summed E-state index contributed by atoms with van der Waals surface area (Å²) in [5.41, 5.74) is 0. The molecule has 0 fully saturated rings. The van der Waals surface area contributed by atoms with E-state index in [0.29, 0.717) is 5.25 Å². The molecule has 0 unspecified atom stereocenters. The van der Waals surface area contributed by atoms with Crippen LogP contribution in [0.3, 0.4) is 0 Å². The number of benzene rings is 2. The first-order chi connectivity index (χ1) is 8.15. The highest BCUT2D eigenvalue weighted by Gasteiger charge is 2.29. The van der Waals surface area contributed by atoms with E-state index in [-0.39, 0.29) is 0 Å². The minimum absolute atomic E-state index is 0.411. The van der Waals surface area contributed by atoms with Crippen molar-refractivity contribution in [3.63, 3.8) is 0 Å². The van der Waals surface area contributed by atoms with E-state index in [1.165, 1.54) is 9.79 Å². The van der Waals surface area contributed by atoms with Gasteiger partial charge in [-0.3, -0.25) is 0 Å². The average Bonchev–Trinajstić information content (AvgIpc) is 2.39. The van der Waals surface area contributed by atoms with E-state index in [1.54, 1.807) is 0 Å². The van der Waals surface area contributed by atoms with Gasteiger partial charge in [0, 0.05) is 15.0 Å². The largest absolute Gasteiger partial charge is 0.106 e. The summed E-state index contributed by atoms with van der Waals surface area (Å²) in [6, 6.07) is 20.8. The molecule has 2 aromatic rings. The molecule has 90 valence electrons. The maximum Gasteiger partial charge on any atom is 0.00753 e. The van der Waals surface area contributed by atoms with Crippen molar-refractivity contribution < 1.29 is 0 Å². The predicted octanol–water partition coefficient (Wildman–Crippen LogP) is 5.47. The van der Waals surface area contributed by atoms with Crippen molar-refractivity contribution in [2.24, 2.45) is 0 Å².